The first-order chi connectivity index (χ1) is 12.2. The molecule has 0 saturated carbocycles. The Balaban J connectivity index is 1.63. The average Bonchev–Trinajstić information content (AvgIpc) is 2.98. The molecule has 3 nitrogen and oxygen atoms in total. The molecule has 1 N–H and O–H groups in total. The van der Waals surface area contributed by atoms with Crippen molar-refractivity contribution in [2.24, 2.45) is 0 Å². The van der Waals surface area contributed by atoms with Gasteiger partial charge in [-0.15, -0.1) is 0 Å². The first-order valence-electron chi connectivity index (χ1n) is 7.91. The van der Waals surface area contributed by atoms with Gasteiger partial charge in [-0.05, 0) is 34.5 Å². The molecule has 1 unspecified atom stereocenters. The topological polar surface area (TPSA) is 46.5 Å². The van der Waals surface area contributed by atoms with Crippen LogP contribution < -0.4 is 0 Å². The minimum atomic E-state index is -1.19. The molecular formula is C22H14O3. The Morgan fingerprint density at radius 3 is 2.40 bits per heavy atom. The molecule has 120 valence electrons. The molecule has 1 aliphatic rings. The minimum absolute atomic E-state index is 0.471. The highest BCUT2D eigenvalue weighted by atomic mass is 16.6. The SMILES string of the molecule is O=C1C=C(c2ccc(C#Cc3cccc4ccccc34)cc2)C(O)O1. The van der Waals surface area contributed by atoms with Gasteiger partial charge in [-0.2, -0.15) is 0 Å². The second kappa shape index (κ2) is 6.27. The molecule has 0 amide bonds. The standard InChI is InChI=1S/C22H14O3/c23-21-14-20(22(24)25-21)18-12-9-15(10-13-18)8-11-17-6-3-5-16-4-1-2-7-19(16)17/h1-7,9-10,12-14,22,24H. The Morgan fingerprint density at radius 1 is 0.880 bits per heavy atom. The number of aliphatic hydroxyl groups excluding tert-OH is 1. The molecule has 4 rings (SSSR count). The van der Waals surface area contributed by atoms with E-state index in [1.807, 2.05) is 48.5 Å². The first kappa shape index (κ1) is 15.2. The fourth-order valence-electron chi connectivity index (χ4n) is 2.85. The van der Waals surface area contributed by atoms with Gasteiger partial charge < -0.3 is 9.84 Å². The molecule has 0 saturated heterocycles. The van der Waals surface area contributed by atoms with Gasteiger partial charge in [-0.3, -0.25) is 0 Å². The largest absolute Gasteiger partial charge is 0.428 e. The lowest BCUT2D eigenvalue weighted by Crippen LogP contribution is -2.09. The van der Waals surface area contributed by atoms with E-state index >= 15 is 0 Å². The van der Waals surface area contributed by atoms with Crippen LogP contribution in [0.2, 0.25) is 0 Å². The highest BCUT2D eigenvalue weighted by Crippen LogP contribution is 2.24. The minimum Gasteiger partial charge on any atom is -0.428 e. The molecule has 25 heavy (non-hydrogen) atoms. The summed E-state index contributed by atoms with van der Waals surface area (Å²) >= 11 is 0. The van der Waals surface area contributed by atoms with Crippen LogP contribution in [-0.2, 0) is 9.53 Å². The smallest absolute Gasteiger partial charge is 0.333 e. The van der Waals surface area contributed by atoms with Gasteiger partial charge in [0.2, 0.25) is 6.29 Å². The van der Waals surface area contributed by atoms with Crippen LogP contribution in [0.4, 0.5) is 0 Å². The third-order valence-corrected chi connectivity index (χ3v) is 4.12. The summed E-state index contributed by atoms with van der Waals surface area (Å²) in [6, 6.07) is 21.6. The maximum absolute atomic E-state index is 11.2. The second-order valence-corrected chi connectivity index (χ2v) is 5.74. The van der Waals surface area contributed by atoms with Crippen LogP contribution in [-0.4, -0.2) is 17.4 Å². The second-order valence-electron chi connectivity index (χ2n) is 5.74. The van der Waals surface area contributed by atoms with Crippen LogP contribution in [0.25, 0.3) is 16.3 Å². The lowest BCUT2D eigenvalue weighted by atomic mass is 10.0. The van der Waals surface area contributed by atoms with Gasteiger partial charge in [-0.25, -0.2) is 4.79 Å². The fraction of sp³-hybridized carbons (Fsp3) is 0.0455. The number of rotatable bonds is 1. The first-order valence-corrected chi connectivity index (χ1v) is 7.91. The molecule has 1 aliphatic heterocycles. The lowest BCUT2D eigenvalue weighted by Gasteiger charge is -2.07. The van der Waals surface area contributed by atoms with Crippen LogP contribution in [0.15, 0.2) is 72.8 Å². The van der Waals surface area contributed by atoms with E-state index in [0.717, 1.165) is 27.5 Å². The van der Waals surface area contributed by atoms with E-state index < -0.39 is 12.3 Å². The predicted octanol–water partition coefficient (Wildman–Crippen LogP) is 3.50. The number of benzene rings is 3. The van der Waals surface area contributed by atoms with Crippen molar-refractivity contribution in [1.29, 1.82) is 0 Å². The zero-order valence-corrected chi connectivity index (χ0v) is 13.3. The number of ether oxygens (including phenoxy) is 1. The van der Waals surface area contributed by atoms with E-state index in [0.29, 0.717) is 5.57 Å². The van der Waals surface area contributed by atoms with Gasteiger partial charge in [-0.1, -0.05) is 60.4 Å². The normalized spacial score (nSPS) is 16.1. The molecule has 1 atom stereocenters. The Hall–Kier alpha value is -3.35. The highest BCUT2D eigenvalue weighted by molar-refractivity contribution is 5.96. The maximum atomic E-state index is 11.2. The van der Waals surface area contributed by atoms with Crippen molar-refractivity contribution in [2.75, 3.05) is 0 Å². The molecule has 1 heterocycles. The Morgan fingerprint density at radius 2 is 1.64 bits per heavy atom. The third-order valence-electron chi connectivity index (χ3n) is 4.12. The molecule has 0 fully saturated rings. The molecule has 3 aromatic rings. The monoisotopic (exact) mass is 326 g/mol. The summed E-state index contributed by atoms with van der Waals surface area (Å²) in [5.74, 6) is 5.85. The van der Waals surface area contributed by atoms with Gasteiger partial charge in [0, 0.05) is 22.8 Å². The number of fused-ring (bicyclic) bond motifs is 1. The number of carbonyl (C=O) groups is 1. The molecule has 3 aromatic carbocycles. The highest BCUT2D eigenvalue weighted by Gasteiger charge is 2.24. The molecule has 0 spiro atoms. The van der Waals surface area contributed by atoms with Gasteiger partial charge in [0.25, 0.3) is 0 Å². The summed E-state index contributed by atoms with van der Waals surface area (Å²) in [7, 11) is 0. The fourth-order valence-corrected chi connectivity index (χ4v) is 2.85. The summed E-state index contributed by atoms with van der Waals surface area (Å²) in [6.07, 6.45) is 0.113. The Bertz CT molecular complexity index is 1040. The Labute approximate surface area is 145 Å². The summed E-state index contributed by atoms with van der Waals surface area (Å²) < 4.78 is 4.70. The van der Waals surface area contributed by atoms with E-state index in [-0.39, 0.29) is 0 Å². The molecule has 3 heteroatoms. The van der Waals surface area contributed by atoms with E-state index in [1.165, 1.54) is 6.08 Å². The number of hydrogen-bond donors (Lipinski definition) is 1. The van der Waals surface area contributed by atoms with E-state index in [4.69, 9.17) is 4.74 Å². The van der Waals surface area contributed by atoms with E-state index in [1.54, 1.807) is 0 Å². The van der Waals surface area contributed by atoms with Crippen LogP contribution in [0, 0.1) is 11.8 Å². The zero-order valence-electron chi connectivity index (χ0n) is 13.3. The van der Waals surface area contributed by atoms with Crippen molar-refractivity contribution in [3.8, 4) is 11.8 Å². The zero-order chi connectivity index (χ0) is 17.2. The van der Waals surface area contributed by atoms with Gasteiger partial charge in [0.05, 0.1) is 0 Å². The van der Waals surface area contributed by atoms with Crippen LogP contribution in [0.5, 0.6) is 0 Å². The maximum Gasteiger partial charge on any atom is 0.333 e. The number of carbonyl (C=O) groups excluding carboxylic acids is 1. The van der Waals surface area contributed by atoms with Crippen molar-refractivity contribution < 1.29 is 14.6 Å². The summed E-state index contributed by atoms with van der Waals surface area (Å²) in [4.78, 5) is 11.2. The Kier molecular flexibility index (Phi) is 3.81. The molecule has 0 radical (unpaired) electrons. The molecule has 0 bridgehead atoms. The number of hydrogen-bond acceptors (Lipinski definition) is 3. The molecule has 0 aliphatic carbocycles. The molecule has 0 aromatic heterocycles. The lowest BCUT2D eigenvalue weighted by molar-refractivity contribution is -0.149. The third kappa shape index (κ3) is 3.03. The summed E-state index contributed by atoms with van der Waals surface area (Å²) in [6.45, 7) is 0. The number of esters is 1. The summed E-state index contributed by atoms with van der Waals surface area (Å²) in [5.41, 5.74) is 3.06. The van der Waals surface area contributed by atoms with Crippen LogP contribution >= 0.6 is 0 Å². The number of aliphatic hydroxyl groups is 1. The summed E-state index contributed by atoms with van der Waals surface area (Å²) in [5, 5.41) is 12.0. The van der Waals surface area contributed by atoms with Gasteiger partial charge in [0.1, 0.15) is 0 Å². The van der Waals surface area contributed by atoms with Crippen molar-refractivity contribution in [3.63, 3.8) is 0 Å². The van der Waals surface area contributed by atoms with Crippen molar-refractivity contribution in [3.05, 3.63) is 89.5 Å². The van der Waals surface area contributed by atoms with Crippen LogP contribution in [0.3, 0.4) is 0 Å². The van der Waals surface area contributed by atoms with Crippen molar-refractivity contribution in [1.82, 2.24) is 0 Å². The van der Waals surface area contributed by atoms with Crippen molar-refractivity contribution in [2.45, 2.75) is 6.29 Å². The van der Waals surface area contributed by atoms with E-state index in [2.05, 4.69) is 30.0 Å². The molecular weight excluding hydrogens is 312 g/mol. The number of cyclic esters (lactones) is 1. The van der Waals surface area contributed by atoms with E-state index in [9.17, 15) is 9.90 Å². The average molecular weight is 326 g/mol. The van der Waals surface area contributed by atoms with Crippen molar-refractivity contribution >= 4 is 22.3 Å². The van der Waals surface area contributed by atoms with Gasteiger partial charge >= 0.3 is 5.97 Å². The quantitative estimate of drug-likeness (QED) is 0.550. The van der Waals surface area contributed by atoms with Crippen LogP contribution in [0.1, 0.15) is 16.7 Å². The predicted molar refractivity (Wildman–Crippen MR) is 96.4 cm³/mol. The van der Waals surface area contributed by atoms with Gasteiger partial charge in [0.15, 0.2) is 0 Å².